The van der Waals surface area contributed by atoms with Crippen LogP contribution in [0.5, 0.6) is 17.2 Å². The molecule has 1 aromatic heterocycles. The van der Waals surface area contributed by atoms with Crippen molar-refractivity contribution in [2.45, 2.75) is 0 Å². The Balaban J connectivity index is 2.07. The molecular weight excluding hydrogens is 363 g/mol. The van der Waals surface area contributed by atoms with Crippen molar-refractivity contribution in [3.8, 4) is 17.2 Å². The molecule has 3 aromatic rings. The van der Waals surface area contributed by atoms with Crippen LogP contribution in [0.3, 0.4) is 0 Å². The summed E-state index contributed by atoms with van der Waals surface area (Å²) in [5, 5.41) is 0. The predicted octanol–water partition coefficient (Wildman–Crippen LogP) is 1.12. The van der Waals surface area contributed by atoms with E-state index in [1.165, 1.54) is 21.3 Å². The number of hydrogen-bond donors (Lipinski definition) is 1. The van der Waals surface area contributed by atoms with Crippen LogP contribution < -0.4 is 23.1 Å². The number of imidazole rings is 1. The van der Waals surface area contributed by atoms with Gasteiger partial charge < -0.3 is 0 Å². The second-order valence-electron chi connectivity index (χ2n) is 4.71. The third kappa shape index (κ3) is 2.81. The molecule has 1 heterocycles. The average Bonchev–Trinajstić information content (AvgIpc) is 3.07. The average molecular weight is 379 g/mol. The molecule has 120 valence electrons. The summed E-state index contributed by atoms with van der Waals surface area (Å²) < 4.78 is 30.3. The quantitative estimate of drug-likeness (QED) is 0.673. The molecule has 6 nitrogen and oxygen atoms in total. The summed E-state index contributed by atoms with van der Waals surface area (Å²) in [6.45, 7) is 0. The van der Waals surface area contributed by atoms with Gasteiger partial charge in [0.2, 0.25) is 0 Å². The summed E-state index contributed by atoms with van der Waals surface area (Å²) >= 11 is -2.47. The fourth-order valence-corrected chi connectivity index (χ4v) is 4.67. The van der Waals surface area contributed by atoms with Crippen LogP contribution in [0.2, 0.25) is 0 Å². The fraction of sp³-hybridized carbons (Fsp3) is 0.188. The summed E-state index contributed by atoms with van der Waals surface area (Å²) in [6, 6.07) is 9.02. The van der Waals surface area contributed by atoms with Crippen LogP contribution in [0.4, 0.5) is 0 Å². The van der Waals surface area contributed by atoms with Gasteiger partial charge in [0.15, 0.2) is 0 Å². The number of nitrogens with zero attached hydrogens (tertiary/aromatic N) is 1. The van der Waals surface area contributed by atoms with Gasteiger partial charge in [0, 0.05) is 0 Å². The Morgan fingerprint density at radius 2 is 1.65 bits per heavy atom. The van der Waals surface area contributed by atoms with Gasteiger partial charge in [-0.05, 0) is 0 Å². The Hall–Kier alpha value is -2.37. The van der Waals surface area contributed by atoms with E-state index in [0.29, 0.717) is 21.7 Å². The molecule has 3 rings (SSSR count). The van der Waals surface area contributed by atoms with Crippen molar-refractivity contribution < 1.29 is 18.0 Å². The van der Waals surface area contributed by atoms with Crippen molar-refractivity contribution in [3.05, 3.63) is 36.7 Å². The molecule has 23 heavy (non-hydrogen) atoms. The molecule has 0 bridgehead atoms. The molecule has 0 spiro atoms. The molecular formula is C16H16N2O4Se. The second-order valence-corrected chi connectivity index (χ2v) is 7.82. The van der Waals surface area contributed by atoms with E-state index >= 15 is 0 Å². The van der Waals surface area contributed by atoms with Crippen LogP contribution in [0, 0.1) is 0 Å². The van der Waals surface area contributed by atoms with E-state index in [9.17, 15) is 3.83 Å². The number of rotatable bonds is 5. The van der Waals surface area contributed by atoms with Crippen LogP contribution in [-0.2, 0) is 3.83 Å². The van der Waals surface area contributed by atoms with Crippen LogP contribution in [-0.4, -0.2) is 45.1 Å². The van der Waals surface area contributed by atoms with E-state index in [0.717, 1.165) is 15.5 Å². The van der Waals surface area contributed by atoms with Gasteiger partial charge in [-0.15, -0.1) is 0 Å². The minimum atomic E-state index is -2.47. The number of benzene rings is 2. The van der Waals surface area contributed by atoms with Gasteiger partial charge in [-0.2, -0.15) is 0 Å². The number of methoxy groups -OCH3 is 3. The van der Waals surface area contributed by atoms with E-state index in [1.54, 1.807) is 18.5 Å². The molecule has 0 aliphatic carbocycles. The summed E-state index contributed by atoms with van der Waals surface area (Å²) in [4.78, 5) is 7.20. The first-order chi connectivity index (χ1) is 11.2. The van der Waals surface area contributed by atoms with E-state index in [1.807, 2.05) is 18.2 Å². The van der Waals surface area contributed by atoms with Crippen molar-refractivity contribution >= 4 is 33.8 Å². The SMILES string of the molecule is COc1cc([Se](=O)c2ccc3nc[nH]c3c2)cc(OC)c1OC. The predicted molar refractivity (Wildman–Crippen MR) is 87.9 cm³/mol. The molecule has 0 aliphatic rings. The maximum atomic E-state index is 13.0. The molecule has 0 saturated carbocycles. The molecule has 0 aliphatic heterocycles. The van der Waals surface area contributed by atoms with E-state index < -0.39 is 13.8 Å². The van der Waals surface area contributed by atoms with Crippen molar-refractivity contribution in [2.24, 2.45) is 0 Å². The summed E-state index contributed by atoms with van der Waals surface area (Å²) in [6.07, 6.45) is 1.62. The van der Waals surface area contributed by atoms with E-state index in [-0.39, 0.29) is 0 Å². The summed E-state index contributed by atoms with van der Waals surface area (Å²) in [5.41, 5.74) is 1.71. The first-order valence-electron chi connectivity index (χ1n) is 6.83. The monoisotopic (exact) mass is 380 g/mol. The van der Waals surface area contributed by atoms with Crippen molar-refractivity contribution in [1.82, 2.24) is 9.97 Å². The van der Waals surface area contributed by atoms with Crippen molar-refractivity contribution in [2.75, 3.05) is 21.3 Å². The van der Waals surface area contributed by atoms with Gasteiger partial charge in [0.05, 0.1) is 0 Å². The molecule has 7 heteroatoms. The Morgan fingerprint density at radius 3 is 2.26 bits per heavy atom. The fourth-order valence-electron chi connectivity index (χ4n) is 2.33. The first kappa shape index (κ1) is 15.5. The van der Waals surface area contributed by atoms with E-state index in [2.05, 4.69) is 9.97 Å². The van der Waals surface area contributed by atoms with Crippen LogP contribution in [0.25, 0.3) is 11.0 Å². The van der Waals surface area contributed by atoms with Gasteiger partial charge in [0.25, 0.3) is 0 Å². The number of aromatic amines is 1. The topological polar surface area (TPSA) is 73.4 Å². The van der Waals surface area contributed by atoms with Crippen LogP contribution in [0.15, 0.2) is 36.7 Å². The Morgan fingerprint density at radius 1 is 0.957 bits per heavy atom. The normalized spacial score (nSPS) is 12.1. The third-order valence-electron chi connectivity index (χ3n) is 3.46. The van der Waals surface area contributed by atoms with Gasteiger partial charge >= 0.3 is 137 Å². The zero-order chi connectivity index (χ0) is 16.4. The van der Waals surface area contributed by atoms with Gasteiger partial charge in [-0.25, -0.2) is 0 Å². The van der Waals surface area contributed by atoms with Gasteiger partial charge in [0.1, 0.15) is 0 Å². The first-order valence-corrected chi connectivity index (χ1v) is 9.24. The molecule has 2 aromatic carbocycles. The van der Waals surface area contributed by atoms with Crippen LogP contribution >= 0.6 is 0 Å². The Labute approximate surface area is 137 Å². The molecule has 1 unspecified atom stereocenters. The molecule has 0 fully saturated rings. The van der Waals surface area contributed by atoms with Crippen LogP contribution in [0.1, 0.15) is 0 Å². The Kier molecular flexibility index (Phi) is 4.32. The number of ether oxygens (including phenoxy) is 3. The number of fused-ring (bicyclic) bond motifs is 1. The molecule has 1 atom stereocenters. The number of hydrogen-bond acceptors (Lipinski definition) is 5. The summed E-state index contributed by atoms with van der Waals surface area (Å²) in [7, 11) is 4.62. The zero-order valence-electron chi connectivity index (χ0n) is 13.0. The maximum absolute atomic E-state index is 13.0. The standard InChI is InChI=1S/C16H16N2O4Se/c1-20-14-7-11(8-15(21-2)16(14)22-3)23(19)10-4-5-12-13(6-10)18-9-17-12/h4-9H,1-3H3,(H,17,18). The van der Waals surface area contributed by atoms with Gasteiger partial charge in [-0.1, -0.05) is 0 Å². The summed E-state index contributed by atoms with van der Waals surface area (Å²) in [5.74, 6) is 1.48. The number of aromatic nitrogens is 2. The van der Waals surface area contributed by atoms with Gasteiger partial charge in [-0.3, -0.25) is 0 Å². The third-order valence-corrected chi connectivity index (χ3v) is 6.28. The number of H-pyrrole nitrogens is 1. The molecule has 1 N–H and O–H groups in total. The molecule has 0 radical (unpaired) electrons. The zero-order valence-corrected chi connectivity index (χ0v) is 14.7. The Bertz CT molecular complexity index is 850. The van der Waals surface area contributed by atoms with Crippen molar-refractivity contribution in [3.63, 3.8) is 0 Å². The second kappa shape index (κ2) is 6.40. The minimum absolute atomic E-state index is 0.488. The molecule has 0 amide bonds. The number of nitrogens with one attached hydrogen (secondary N) is 1. The van der Waals surface area contributed by atoms with Crippen molar-refractivity contribution in [1.29, 1.82) is 0 Å². The van der Waals surface area contributed by atoms with E-state index in [4.69, 9.17) is 14.2 Å². The molecule has 0 saturated heterocycles.